The minimum absolute atomic E-state index is 0.0349. The number of aliphatic carboxylic acids is 1. The Labute approximate surface area is 130 Å². The molecule has 1 heterocycles. The Morgan fingerprint density at radius 2 is 2.00 bits per heavy atom. The fourth-order valence-electron chi connectivity index (χ4n) is 1.72. The standard InChI is InChI=1S/C14H16BrNO5/c1-14(2,13(18)19)7-16-12(17)8-5-9(15)11-10(6-8)20-3-4-21-11/h5-6H,3-4,7H2,1-2H3,(H,16,17)(H,18,19). The van der Waals surface area contributed by atoms with Crippen molar-refractivity contribution in [2.75, 3.05) is 19.8 Å². The second kappa shape index (κ2) is 5.93. The van der Waals surface area contributed by atoms with E-state index >= 15 is 0 Å². The van der Waals surface area contributed by atoms with Gasteiger partial charge in [0.15, 0.2) is 11.5 Å². The van der Waals surface area contributed by atoms with Crippen LogP contribution < -0.4 is 14.8 Å². The molecular formula is C14H16BrNO5. The molecule has 0 radical (unpaired) electrons. The molecule has 0 spiro atoms. The van der Waals surface area contributed by atoms with Crippen LogP contribution in [-0.2, 0) is 4.79 Å². The van der Waals surface area contributed by atoms with E-state index in [0.717, 1.165) is 0 Å². The van der Waals surface area contributed by atoms with Gasteiger partial charge in [-0.2, -0.15) is 0 Å². The zero-order chi connectivity index (χ0) is 15.6. The van der Waals surface area contributed by atoms with Crippen LogP contribution in [0, 0.1) is 5.41 Å². The van der Waals surface area contributed by atoms with Gasteiger partial charge >= 0.3 is 5.97 Å². The van der Waals surface area contributed by atoms with Crippen LogP contribution in [0.15, 0.2) is 16.6 Å². The smallest absolute Gasteiger partial charge is 0.310 e. The summed E-state index contributed by atoms with van der Waals surface area (Å²) in [5, 5.41) is 11.6. The first kappa shape index (κ1) is 15.6. The van der Waals surface area contributed by atoms with E-state index in [1.807, 2.05) is 0 Å². The van der Waals surface area contributed by atoms with E-state index in [-0.39, 0.29) is 12.5 Å². The van der Waals surface area contributed by atoms with Crippen LogP contribution in [-0.4, -0.2) is 36.7 Å². The SMILES string of the molecule is CC(C)(CNC(=O)c1cc(Br)c2c(c1)OCCO2)C(=O)O. The Morgan fingerprint density at radius 3 is 2.67 bits per heavy atom. The fourth-order valence-corrected chi connectivity index (χ4v) is 2.28. The first-order chi connectivity index (χ1) is 9.81. The van der Waals surface area contributed by atoms with Gasteiger partial charge in [-0.3, -0.25) is 9.59 Å². The monoisotopic (exact) mass is 357 g/mol. The number of rotatable bonds is 4. The minimum Gasteiger partial charge on any atom is -0.486 e. The highest BCUT2D eigenvalue weighted by atomic mass is 79.9. The molecule has 0 fully saturated rings. The van der Waals surface area contributed by atoms with Crippen LogP contribution in [0.5, 0.6) is 11.5 Å². The molecule has 1 aromatic rings. The number of carbonyl (C=O) groups is 2. The van der Waals surface area contributed by atoms with Crippen molar-refractivity contribution in [1.82, 2.24) is 5.32 Å². The van der Waals surface area contributed by atoms with Crippen LogP contribution in [0.4, 0.5) is 0 Å². The molecule has 0 saturated carbocycles. The lowest BCUT2D eigenvalue weighted by Crippen LogP contribution is -2.38. The van der Waals surface area contributed by atoms with E-state index in [2.05, 4.69) is 21.2 Å². The number of hydrogen-bond donors (Lipinski definition) is 2. The average Bonchev–Trinajstić information content (AvgIpc) is 2.44. The average molecular weight is 358 g/mol. The summed E-state index contributed by atoms with van der Waals surface area (Å²) in [6, 6.07) is 3.21. The topological polar surface area (TPSA) is 84.9 Å². The van der Waals surface area contributed by atoms with Crippen LogP contribution in [0.1, 0.15) is 24.2 Å². The molecule has 0 aromatic heterocycles. The zero-order valence-electron chi connectivity index (χ0n) is 11.7. The van der Waals surface area contributed by atoms with Crippen LogP contribution in [0.25, 0.3) is 0 Å². The van der Waals surface area contributed by atoms with Crippen molar-refractivity contribution >= 4 is 27.8 Å². The number of carboxylic acids is 1. The number of ether oxygens (including phenoxy) is 2. The molecule has 0 atom stereocenters. The van der Waals surface area contributed by atoms with Crippen molar-refractivity contribution in [1.29, 1.82) is 0 Å². The Bertz CT molecular complexity index is 585. The van der Waals surface area contributed by atoms with Gasteiger partial charge in [-0.25, -0.2) is 0 Å². The number of halogens is 1. The van der Waals surface area contributed by atoms with E-state index < -0.39 is 11.4 Å². The van der Waals surface area contributed by atoms with Crippen molar-refractivity contribution in [3.63, 3.8) is 0 Å². The molecule has 2 rings (SSSR count). The third-order valence-electron chi connectivity index (χ3n) is 3.13. The summed E-state index contributed by atoms with van der Waals surface area (Å²) < 4.78 is 11.5. The predicted molar refractivity (Wildman–Crippen MR) is 78.9 cm³/mol. The molecular weight excluding hydrogens is 342 g/mol. The van der Waals surface area contributed by atoms with E-state index in [4.69, 9.17) is 14.6 Å². The number of benzene rings is 1. The third kappa shape index (κ3) is 3.47. The molecule has 1 amide bonds. The largest absolute Gasteiger partial charge is 0.486 e. The first-order valence-corrected chi connectivity index (χ1v) is 7.21. The summed E-state index contributed by atoms with van der Waals surface area (Å²) in [6.45, 7) is 4.03. The third-order valence-corrected chi connectivity index (χ3v) is 3.72. The Balaban J connectivity index is 2.13. The van der Waals surface area contributed by atoms with Gasteiger partial charge in [-0.1, -0.05) is 0 Å². The molecule has 0 saturated heterocycles. The number of amides is 1. The molecule has 114 valence electrons. The van der Waals surface area contributed by atoms with Gasteiger partial charge in [0.2, 0.25) is 0 Å². The highest BCUT2D eigenvalue weighted by Gasteiger charge is 2.28. The quantitative estimate of drug-likeness (QED) is 0.861. The van der Waals surface area contributed by atoms with Gasteiger partial charge in [0.1, 0.15) is 13.2 Å². The number of carboxylic acid groups (broad SMARTS) is 1. The number of nitrogens with one attached hydrogen (secondary N) is 1. The van der Waals surface area contributed by atoms with Crippen molar-refractivity contribution in [3.8, 4) is 11.5 Å². The van der Waals surface area contributed by atoms with Gasteiger partial charge in [0.25, 0.3) is 5.91 Å². The molecule has 6 nitrogen and oxygen atoms in total. The summed E-state index contributed by atoms with van der Waals surface area (Å²) in [5.74, 6) is -0.255. The maximum Gasteiger partial charge on any atom is 0.310 e. The minimum atomic E-state index is -1.03. The zero-order valence-corrected chi connectivity index (χ0v) is 13.3. The van der Waals surface area contributed by atoms with Crippen molar-refractivity contribution in [2.45, 2.75) is 13.8 Å². The molecule has 0 bridgehead atoms. The highest BCUT2D eigenvalue weighted by Crippen LogP contribution is 2.38. The van der Waals surface area contributed by atoms with Gasteiger partial charge in [0, 0.05) is 12.1 Å². The number of hydrogen-bond acceptors (Lipinski definition) is 4. The van der Waals surface area contributed by atoms with E-state index in [1.54, 1.807) is 26.0 Å². The van der Waals surface area contributed by atoms with Crippen molar-refractivity contribution < 1.29 is 24.2 Å². The molecule has 1 aliphatic heterocycles. The Morgan fingerprint density at radius 1 is 1.33 bits per heavy atom. The van der Waals surface area contributed by atoms with E-state index in [9.17, 15) is 9.59 Å². The van der Waals surface area contributed by atoms with Crippen LogP contribution in [0.2, 0.25) is 0 Å². The van der Waals surface area contributed by atoms with Crippen molar-refractivity contribution in [3.05, 3.63) is 22.2 Å². The molecule has 7 heteroatoms. The Hall–Kier alpha value is -1.76. The summed E-state index contributed by atoms with van der Waals surface area (Å²) in [7, 11) is 0. The second-order valence-corrected chi connectivity index (χ2v) is 6.21. The summed E-state index contributed by atoms with van der Waals surface area (Å²) in [4.78, 5) is 23.2. The van der Waals surface area contributed by atoms with Gasteiger partial charge in [0.05, 0.1) is 9.89 Å². The number of fused-ring (bicyclic) bond motifs is 1. The first-order valence-electron chi connectivity index (χ1n) is 6.42. The predicted octanol–water partition coefficient (Wildman–Crippen LogP) is 2.06. The van der Waals surface area contributed by atoms with Crippen LogP contribution in [0.3, 0.4) is 0 Å². The molecule has 1 aliphatic rings. The lowest BCUT2D eigenvalue weighted by atomic mass is 9.94. The maximum absolute atomic E-state index is 12.1. The molecule has 21 heavy (non-hydrogen) atoms. The number of carbonyl (C=O) groups excluding carboxylic acids is 1. The van der Waals surface area contributed by atoms with Gasteiger partial charge in [-0.15, -0.1) is 0 Å². The second-order valence-electron chi connectivity index (χ2n) is 5.35. The fraction of sp³-hybridized carbons (Fsp3) is 0.429. The van der Waals surface area contributed by atoms with E-state index in [0.29, 0.717) is 34.7 Å². The highest BCUT2D eigenvalue weighted by molar-refractivity contribution is 9.10. The van der Waals surface area contributed by atoms with Crippen LogP contribution >= 0.6 is 15.9 Å². The summed E-state index contributed by atoms with van der Waals surface area (Å²) >= 11 is 3.34. The molecule has 2 N–H and O–H groups in total. The van der Waals surface area contributed by atoms with Gasteiger partial charge < -0.3 is 19.9 Å². The Kier molecular flexibility index (Phi) is 4.41. The lowest BCUT2D eigenvalue weighted by molar-refractivity contribution is -0.146. The van der Waals surface area contributed by atoms with Crippen molar-refractivity contribution in [2.24, 2.45) is 5.41 Å². The lowest BCUT2D eigenvalue weighted by Gasteiger charge is -2.21. The normalized spacial score (nSPS) is 13.7. The van der Waals surface area contributed by atoms with Gasteiger partial charge in [-0.05, 0) is 41.9 Å². The molecule has 1 aromatic carbocycles. The maximum atomic E-state index is 12.1. The molecule has 0 unspecified atom stereocenters. The summed E-state index contributed by atoms with van der Waals surface area (Å²) in [6.07, 6.45) is 0. The summed E-state index contributed by atoms with van der Waals surface area (Å²) in [5.41, 5.74) is -0.645. The van der Waals surface area contributed by atoms with E-state index in [1.165, 1.54) is 0 Å². The molecule has 0 aliphatic carbocycles.